The van der Waals surface area contributed by atoms with E-state index in [-0.39, 0.29) is 24.0 Å². The third kappa shape index (κ3) is 7.00. The van der Waals surface area contributed by atoms with E-state index in [9.17, 15) is 18.3 Å². The first kappa shape index (κ1) is 27.1. The largest absolute Gasteiger partial charge is 0.464 e. The number of aromatic nitrogens is 1. The summed E-state index contributed by atoms with van der Waals surface area (Å²) in [5.74, 6) is -0.270. The molecule has 1 amide bonds. The summed E-state index contributed by atoms with van der Waals surface area (Å²) >= 11 is 1.59. The molecule has 10 heteroatoms. The molecule has 0 aliphatic carbocycles. The third-order valence-corrected chi connectivity index (χ3v) is 7.59. The van der Waals surface area contributed by atoms with E-state index in [1.807, 2.05) is 59.7 Å². The number of hydrogen-bond acceptors (Lipinski definition) is 7. The van der Waals surface area contributed by atoms with Crippen LogP contribution in [-0.4, -0.2) is 53.3 Å². The SMILES string of the molecule is Cc1ccc(S(=O)(=O)OCC(C)CN(Cc2ccc3nc(C)sc3c2)N(C(=O)O)C(C)(C)C)cc1. The molecule has 0 radical (unpaired) electrons. The minimum Gasteiger partial charge on any atom is -0.464 e. The summed E-state index contributed by atoms with van der Waals surface area (Å²) in [7, 11) is -3.91. The Morgan fingerprint density at radius 2 is 1.80 bits per heavy atom. The van der Waals surface area contributed by atoms with Gasteiger partial charge in [0.2, 0.25) is 0 Å². The molecule has 1 heterocycles. The minimum atomic E-state index is -3.91. The van der Waals surface area contributed by atoms with Gasteiger partial charge in [0.1, 0.15) is 0 Å². The predicted molar refractivity (Wildman–Crippen MR) is 138 cm³/mol. The Labute approximate surface area is 211 Å². The second-order valence-electron chi connectivity index (χ2n) is 9.80. The van der Waals surface area contributed by atoms with Crippen molar-refractivity contribution in [3.63, 3.8) is 0 Å². The summed E-state index contributed by atoms with van der Waals surface area (Å²) in [5, 5.41) is 14.0. The molecule has 190 valence electrons. The van der Waals surface area contributed by atoms with Gasteiger partial charge in [-0.25, -0.2) is 19.8 Å². The number of aryl methyl sites for hydroxylation is 2. The van der Waals surface area contributed by atoms with E-state index in [1.54, 1.807) is 28.5 Å². The van der Waals surface area contributed by atoms with E-state index in [0.717, 1.165) is 26.4 Å². The molecule has 8 nitrogen and oxygen atoms in total. The van der Waals surface area contributed by atoms with Crippen molar-refractivity contribution in [3.8, 4) is 0 Å². The molecule has 0 fully saturated rings. The van der Waals surface area contributed by atoms with E-state index in [0.29, 0.717) is 6.54 Å². The molecule has 1 aromatic heterocycles. The number of amides is 1. The lowest BCUT2D eigenvalue weighted by Gasteiger charge is -2.42. The van der Waals surface area contributed by atoms with Crippen LogP contribution in [0.25, 0.3) is 10.2 Å². The van der Waals surface area contributed by atoms with Gasteiger partial charge in [-0.2, -0.15) is 8.42 Å². The van der Waals surface area contributed by atoms with E-state index in [1.165, 1.54) is 17.1 Å². The molecule has 0 aliphatic rings. The van der Waals surface area contributed by atoms with Crippen molar-refractivity contribution in [2.75, 3.05) is 13.2 Å². The van der Waals surface area contributed by atoms with Crippen LogP contribution in [0.4, 0.5) is 4.79 Å². The first-order chi connectivity index (χ1) is 16.3. The highest BCUT2D eigenvalue weighted by Gasteiger charge is 2.33. The van der Waals surface area contributed by atoms with Crippen molar-refractivity contribution < 1.29 is 22.5 Å². The number of rotatable bonds is 9. The highest BCUT2D eigenvalue weighted by molar-refractivity contribution is 7.86. The number of hydrogen-bond donors (Lipinski definition) is 1. The van der Waals surface area contributed by atoms with E-state index < -0.39 is 21.8 Å². The summed E-state index contributed by atoms with van der Waals surface area (Å²) < 4.78 is 31.6. The number of fused-ring (bicyclic) bond motifs is 1. The zero-order valence-corrected chi connectivity index (χ0v) is 22.6. The van der Waals surface area contributed by atoms with Crippen molar-refractivity contribution >= 4 is 37.8 Å². The molecule has 1 N–H and O–H groups in total. The number of hydrazine groups is 1. The van der Waals surface area contributed by atoms with Gasteiger partial charge in [-0.15, -0.1) is 11.3 Å². The van der Waals surface area contributed by atoms with Crippen molar-refractivity contribution in [3.05, 3.63) is 58.6 Å². The maximum Gasteiger partial charge on any atom is 0.422 e. The molecular weight excluding hydrogens is 486 g/mol. The minimum absolute atomic E-state index is 0.0720. The maximum atomic E-state index is 12.6. The predicted octanol–water partition coefficient (Wildman–Crippen LogP) is 5.45. The van der Waals surface area contributed by atoms with Crippen LogP contribution in [0.2, 0.25) is 0 Å². The molecule has 0 spiro atoms. The van der Waals surface area contributed by atoms with Crippen LogP contribution in [0, 0.1) is 19.8 Å². The van der Waals surface area contributed by atoms with Crippen LogP contribution in [0.5, 0.6) is 0 Å². The number of benzene rings is 2. The molecule has 0 aliphatic heterocycles. The highest BCUT2D eigenvalue weighted by atomic mass is 32.2. The molecule has 1 unspecified atom stereocenters. The summed E-state index contributed by atoms with van der Waals surface area (Å²) in [5.41, 5.74) is 2.11. The third-order valence-electron chi connectivity index (χ3n) is 5.36. The zero-order valence-electron chi connectivity index (χ0n) is 21.0. The van der Waals surface area contributed by atoms with Gasteiger partial charge in [-0.3, -0.25) is 4.18 Å². The number of carboxylic acid groups (broad SMARTS) is 1. The number of thiazole rings is 1. The van der Waals surface area contributed by atoms with Crippen molar-refractivity contribution in [2.24, 2.45) is 5.92 Å². The quantitative estimate of drug-likeness (QED) is 0.296. The second kappa shape index (κ2) is 10.6. The van der Waals surface area contributed by atoms with Crippen LogP contribution in [-0.2, 0) is 20.8 Å². The lowest BCUT2D eigenvalue weighted by molar-refractivity contribution is -0.0813. The second-order valence-corrected chi connectivity index (χ2v) is 12.7. The Bertz CT molecular complexity index is 1280. The zero-order chi connectivity index (χ0) is 26.0. The van der Waals surface area contributed by atoms with Crippen LogP contribution in [0.15, 0.2) is 47.4 Å². The van der Waals surface area contributed by atoms with Gasteiger partial charge >= 0.3 is 6.09 Å². The Hall–Kier alpha value is -2.53. The number of carbonyl (C=O) groups is 1. The highest BCUT2D eigenvalue weighted by Crippen LogP contribution is 2.26. The first-order valence-electron chi connectivity index (χ1n) is 11.4. The summed E-state index contributed by atoms with van der Waals surface area (Å²) in [6.45, 7) is 11.7. The van der Waals surface area contributed by atoms with Crippen LogP contribution in [0.3, 0.4) is 0 Å². The Kier molecular flexibility index (Phi) is 8.21. The average Bonchev–Trinajstić information content (AvgIpc) is 3.10. The Morgan fingerprint density at radius 1 is 1.14 bits per heavy atom. The van der Waals surface area contributed by atoms with Gasteiger partial charge in [0, 0.05) is 13.1 Å². The van der Waals surface area contributed by atoms with Crippen molar-refractivity contribution in [1.82, 2.24) is 15.0 Å². The van der Waals surface area contributed by atoms with E-state index in [2.05, 4.69) is 4.98 Å². The van der Waals surface area contributed by atoms with E-state index in [4.69, 9.17) is 4.18 Å². The van der Waals surface area contributed by atoms with Crippen LogP contribution >= 0.6 is 11.3 Å². The van der Waals surface area contributed by atoms with Gasteiger partial charge in [-0.1, -0.05) is 30.7 Å². The molecular formula is C25H33N3O5S2. The standard InChI is InChI=1S/C25H33N3O5S2/c1-17-7-10-21(11-8-17)35(31,32)33-16-18(2)14-27(28(24(29)30)25(4,5)6)15-20-9-12-22-23(13-20)34-19(3)26-22/h7-13,18H,14-16H2,1-6H3,(H,29,30). The van der Waals surface area contributed by atoms with Crippen molar-refractivity contribution in [1.29, 1.82) is 0 Å². The topological polar surface area (TPSA) is 100 Å². The maximum absolute atomic E-state index is 12.6. The molecule has 0 saturated carbocycles. The Balaban J connectivity index is 1.79. The summed E-state index contributed by atoms with van der Waals surface area (Å²) in [6.07, 6.45) is -1.08. The Morgan fingerprint density at radius 3 is 2.40 bits per heavy atom. The molecule has 0 saturated heterocycles. The molecule has 3 rings (SSSR count). The van der Waals surface area contributed by atoms with Crippen molar-refractivity contribution in [2.45, 2.75) is 58.5 Å². The summed E-state index contributed by atoms with van der Waals surface area (Å²) in [6, 6.07) is 12.4. The lowest BCUT2D eigenvalue weighted by atomic mass is 10.1. The van der Waals surface area contributed by atoms with Gasteiger partial charge in [-0.05, 0) is 70.4 Å². The smallest absolute Gasteiger partial charge is 0.422 e. The summed E-state index contributed by atoms with van der Waals surface area (Å²) in [4.78, 5) is 16.8. The average molecular weight is 520 g/mol. The van der Waals surface area contributed by atoms with E-state index >= 15 is 0 Å². The fourth-order valence-corrected chi connectivity index (χ4v) is 5.74. The van der Waals surface area contributed by atoms with Crippen LogP contribution in [0.1, 0.15) is 43.8 Å². The van der Waals surface area contributed by atoms with Gasteiger partial charge < -0.3 is 5.11 Å². The molecule has 0 bridgehead atoms. The molecule has 35 heavy (non-hydrogen) atoms. The monoisotopic (exact) mass is 519 g/mol. The molecule has 1 atom stereocenters. The van der Waals surface area contributed by atoms with Crippen LogP contribution < -0.4 is 0 Å². The fraction of sp³-hybridized carbons (Fsp3) is 0.440. The normalized spacial score (nSPS) is 13.3. The first-order valence-corrected chi connectivity index (χ1v) is 13.6. The molecule has 3 aromatic rings. The van der Waals surface area contributed by atoms with Gasteiger partial charge in [0.25, 0.3) is 10.1 Å². The van der Waals surface area contributed by atoms with Gasteiger partial charge in [0.15, 0.2) is 0 Å². The van der Waals surface area contributed by atoms with Gasteiger partial charge in [0.05, 0.1) is 32.3 Å². The number of nitrogens with zero attached hydrogens (tertiary/aromatic N) is 3. The molecule has 2 aromatic carbocycles. The lowest BCUT2D eigenvalue weighted by Crippen LogP contribution is -2.56. The fourth-order valence-electron chi connectivity index (χ4n) is 3.83.